The second kappa shape index (κ2) is 3.44. The maximum Gasteiger partial charge on any atom is 0.223 e. The van der Waals surface area contributed by atoms with Gasteiger partial charge in [-0.25, -0.2) is 0 Å². The maximum absolute atomic E-state index is 11.1. The Kier molecular flexibility index (Phi) is 2.73. The third-order valence-corrected chi connectivity index (χ3v) is 3.14. The monoisotopic (exact) mass is 170 g/mol. The van der Waals surface area contributed by atoms with Gasteiger partial charge in [-0.2, -0.15) is 0 Å². The van der Waals surface area contributed by atoms with Crippen molar-refractivity contribution in [2.24, 2.45) is 22.8 Å². The molecule has 4 N–H and O–H groups in total. The summed E-state index contributed by atoms with van der Waals surface area (Å²) in [5, 5.41) is 0. The summed E-state index contributed by atoms with van der Waals surface area (Å²) in [6.07, 6.45) is 3.92. The second-order valence-corrected chi connectivity index (χ2v) is 4.10. The van der Waals surface area contributed by atoms with Crippen molar-refractivity contribution in [1.82, 2.24) is 0 Å². The van der Waals surface area contributed by atoms with Crippen molar-refractivity contribution in [2.75, 3.05) is 6.54 Å². The zero-order valence-electron chi connectivity index (χ0n) is 7.68. The minimum atomic E-state index is -0.258. The van der Waals surface area contributed by atoms with E-state index in [4.69, 9.17) is 11.5 Å². The molecule has 0 spiro atoms. The van der Waals surface area contributed by atoms with Crippen LogP contribution >= 0.6 is 0 Å². The highest BCUT2D eigenvalue weighted by Crippen LogP contribution is 2.37. The molecule has 3 heteroatoms. The molecule has 70 valence electrons. The van der Waals surface area contributed by atoms with E-state index in [9.17, 15) is 4.79 Å². The van der Waals surface area contributed by atoms with Crippen molar-refractivity contribution >= 4 is 5.91 Å². The molecular formula is C9H18N2O. The first kappa shape index (κ1) is 9.52. The lowest BCUT2D eigenvalue weighted by atomic mass is 9.71. The van der Waals surface area contributed by atoms with E-state index in [1.54, 1.807) is 0 Å². The molecule has 3 nitrogen and oxygen atoms in total. The fourth-order valence-electron chi connectivity index (χ4n) is 1.80. The maximum atomic E-state index is 11.1. The van der Waals surface area contributed by atoms with Crippen molar-refractivity contribution in [3.63, 3.8) is 0 Å². The van der Waals surface area contributed by atoms with Crippen LogP contribution in [-0.2, 0) is 4.79 Å². The predicted molar refractivity (Wildman–Crippen MR) is 48.3 cm³/mol. The molecule has 0 heterocycles. The summed E-state index contributed by atoms with van der Waals surface area (Å²) in [6.45, 7) is 2.71. The zero-order valence-corrected chi connectivity index (χ0v) is 7.68. The SMILES string of the molecule is CC1(C(N)=O)CCC(CN)CC1. The fourth-order valence-corrected chi connectivity index (χ4v) is 1.80. The van der Waals surface area contributed by atoms with E-state index in [0.717, 1.165) is 32.2 Å². The highest BCUT2D eigenvalue weighted by Gasteiger charge is 2.35. The van der Waals surface area contributed by atoms with Crippen molar-refractivity contribution in [3.05, 3.63) is 0 Å². The van der Waals surface area contributed by atoms with Crippen LogP contribution in [0.2, 0.25) is 0 Å². The third-order valence-electron chi connectivity index (χ3n) is 3.14. The highest BCUT2D eigenvalue weighted by molar-refractivity contribution is 5.80. The summed E-state index contributed by atoms with van der Waals surface area (Å²) >= 11 is 0. The van der Waals surface area contributed by atoms with Crippen molar-refractivity contribution < 1.29 is 4.79 Å². The van der Waals surface area contributed by atoms with Gasteiger partial charge in [-0.1, -0.05) is 6.92 Å². The Balaban J connectivity index is 2.49. The Hall–Kier alpha value is -0.570. The fraction of sp³-hybridized carbons (Fsp3) is 0.889. The lowest BCUT2D eigenvalue weighted by Crippen LogP contribution is -2.38. The van der Waals surface area contributed by atoms with E-state index >= 15 is 0 Å². The van der Waals surface area contributed by atoms with Crippen molar-refractivity contribution in [1.29, 1.82) is 0 Å². The van der Waals surface area contributed by atoms with E-state index in [0.29, 0.717) is 5.92 Å². The predicted octanol–water partition coefficient (Wildman–Crippen LogP) is 0.627. The molecule has 0 atom stereocenters. The normalized spacial score (nSPS) is 36.3. The molecule has 0 saturated heterocycles. The number of primary amides is 1. The third kappa shape index (κ3) is 1.78. The number of carbonyl (C=O) groups excluding carboxylic acids is 1. The Labute approximate surface area is 73.5 Å². The van der Waals surface area contributed by atoms with E-state index in [1.165, 1.54) is 0 Å². The van der Waals surface area contributed by atoms with Crippen LogP contribution in [0.15, 0.2) is 0 Å². The summed E-state index contributed by atoms with van der Waals surface area (Å²) in [5.74, 6) is 0.454. The number of nitrogens with two attached hydrogens (primary N) is 2. The van der Waals surface area contributed by atoms with Gasteiger partial charge in [0.05, 0.1) is 0 Å². The van der Waals surface area contributed by atoms with Gasteiger partial charge < -0.3 is 11.5 Å². The first-order valence-electron chi connectivity index (χ1n) is 4.58. The molecule has 0 aromatic heterocycles. The number of amides is 1. The van der Waals surface area contributed by atoms with Crippen LogP contribution in [0.3, 0.4) is 0 Å². The molecule has 12 heavy (non-hydrogen) atoms. The minimum absolute atomic E-state index is 0.155. The molecule has 0 aromatic carbocycles. The lowest BCUT2D eigenvalue weighted by Gasteiger charge is -2.34. The standard InChI is InChI=1S/C9H18N2O/c1-9(8(11)12)4-2-7(6-10)3-5-9/h7H,2-6,10H2,1H3,(H2,11,12). The molecule has 1 fully saturated rings. The quantitative estimate of drug-likeness (QED) is 0.638. The second-order valence-electron chi connectivity index (χ2n) is 4.10. The molecule has 1 aliphatic carbocycles. The minimum Gasteiger partial charge on any atom is -0.369 e. The van der Waals surface area contributed by atoms with Gasteiger partial charge in [0.2, 0.25) is 5.91 Å². The van der Waals surface area contributed by atoms with Gasteiger partial charge in [-0.15, -0.1) is 0 Å². The van der Waals surface area contributed by atoms with Gasteiger partial charge >= 0.3 is 0 Å². The van der Waals surface area contributed by atoms with E-state index in [2.05, 4.69) is 0 Å². The molecule has 1 rings (SSSR count). The smallest absolute Gasteiger partial charge is 0.223 e. The van der Waals surface area contributed by atoms with Crippen LogP contribution in [0.4, 0.5) is 0 Å². The van der Waals surface area contributed by atoms with Crippen LogP contribution < -0.4 is 11.5 Å². The number of hydrogen-bond acceptors (Lipinski definition) is 2. The Morgan fingerprint density at radius 1 is 1.50 bits per heavy atom. The summed E-state index contributed by atoms with van der Waals surface area (Å²) in [7, 11) is 0. The first-order chi connectivity index (χ1) is 5.58. The Bertz CT molecular complexity index is 171. The average molecular weight is 170 g/mol. The van der Waals surface area contributed by atoms with Gasteiger partial charge in [-0.3, -0.25) is 4.79 Å². The topological polar surface area (TPSA) is 69.1 Å². The summed E-state index contributed by atoms with van der Waals surface area (Å²) in [6, 6.07) is 0. The lowest BCUT2D eigenvalue weighted by molar-refractivity contribution is -0.128. The Morgan fingerprint density at radius 3 is 2.33 bits per heavy atom. The average Bonchev–Trinajstić information content (AvgIpc) is 2.06. The number of hydrogen-bond donors (Lipinski definition) is 2. The molecule has 0 bridgehead atoms. The largest absolute Gasteiger partial charge is 0.369 e. The molecule has 0 radical (unpaired) electrons. The summed E-state index contributed by atoms with van der Waals surface area (Å²) in [5.41, 5.74) is 10.6. The van der Waals surface area contributed by atoms with Crippen LogP contribution in [0.5, 0.6) is 0 Å². The molecular weight excluding hydrogens is 152 g/mol. The van der Waals surface area contributed by atoms with E-state index in [1.807, 2.05) is 6.92 Å². The number of rotatable bonds is 2. The van der Waals surface area contributed by atoms with Crippen LogP contribution in [-0.4, -0.2) is 12.5 Å². The molecule has 1 aliphatic rings. The van der Waals surface area contributed by atoms with Crippen LogP contribution in [0.1, 0.15) is 32.6 Å². The highest BCUT2D eigenvalue weighted by atomic mass is 16.1. The first-order valence-corrected chi connectivity index (χ1v) is 4.58. The van der Waals surface area contributed by atoms with Crippen molar-refractivity contribution in [2.45, 2.75) is 32.6 Å². The zero-order chi connectivity index (χ0) is 9.19. The van der Waals surface area contributed by atoms with Gasteiger partial charge in [-0.05, 0) is 38.1 Å². The molecule has 0 aromatic rings. The van der Waals surface area contributed by atoms with E-state index < -0.39 is 0 Å². The van der Waals surface area contributed by atoms with Gasteiger partial charge in [0, 0.05) is 5.41 Å². The van der Waals surface area contributed by atoms with Gasteiger partial charge in [0.25, 0.3) is 0 Å². The number of carbonyl (C=O) groups is 1. The van der Waals surface area contributed by atoms with Gasteiger partial charge in [0.15, 0.2) is 0 Å². The van der Waals surface area contributed by atoms with E-state index in [-0.39, 0.29) is 11.3 Å². The summed E-state index contributed by atoms with van der Waals surface area (Å²) < 4.78 is 0. The van der Waals surface area contributed by atoms with Crippen LogP contribution in [0, 0.1) is 11.3 Å². The van der Waals surface area contributed by atoms with Crippen molar-refractivity contribution in [3.8, 4) is 0 Å². The molecule has 0 unspecified atom stereocenters. The van der Waals surface area contributed by atoms with Crippen LogP contribution in [0.25, 0.3) is 0 Å². The Morgan fingerprint density at radius 2 is 2.00 bits per heavy atom. The molecule has 1 amide bonds. The molecule has 1 saturated carbocycles. The molecule has 0 aliphatic heterocycles. The van der Waals surface area contributed by atoms with Gasteiger partial charge in [0.1, 0.15) is 0 Å². The summed E-state index contributed by atoms with van der Waals surface area (Å²) in [4.78, 5) is 11.1.